The van der Waals surface area contributed by atoms with E-state index in [0.717, 1.165) is 19.1 Å². The summed E-state index contributed by atoms with van der Waals surface area (Å²) in [6, 6.07) is 7.16. The summed E-state index contributed by atoms with van der Waals surface area (Å²) in [7, 11) is 0. The van der Waals surface area contributed by atoms with Crippen molar-refractivity contribution in [3.05, 3.63) is 46.6 Å². The summed E-state index contributed by atoms with van der Waals surface area (Å²) in [6.45, 7) is 0.972. The van der Waals surface area contributed by atoms with Gasteiger partial charge in [0.2, 0.25) is 17.5 Å². The number of hydrogen-bond acceptors (Lipinski definition) is 12. The first kappa shape index (κ1) is 24.8. The Morgan fingerprint density at radius 1 is 0.972 bits per heavy atom. The number of carbonyl (C=O) groups is 2. The molecule has 0 amide bonds. The van der Waals surface area contributed by atoms with E-state index in [1.807, 2.05) is 0 Å². The zero-order valence-electron chi connectivity index (χ0n) is 18.4. The van der Waals surface area contributed by atoms with E-state index in [9.17, 15) is 45.0 Å². The van der Waals surface area contributed by atoms with E-state index < -0.39 is 70.7 Å². The second-order valence-corrected chi connectivity index (χ2v) is 7.91. The fraction of sp³-hybridized carbons (Fsp3) is 0.261. The molecule has 0 bridgehead atoms. The highest BCUT2D eigenvalue weighted by Crippen LogP contribution is 2.37. The van der Waals surface area contributed by atoms with Gasteiger partial charge < -0.3 is 49.3 Å². The maximum Gasteiger partial charge on any atom is 0.335 e. The number of aromatic hydroxyl groups is 3. The quantitative estimate of drug-likeness (QED) is 0.260. The average molecular weight is 504 g/mol. The smallest absolute Gasteiger partial charge is 0.335 e. The molecule has 5 unspecified atom stereocenters. The third kappa shape index (κ3) is 4.49. The zero-order valence-corrected chi connectivity index (χ0v) is 18.4. The summed E-state index contributed by atoms with van der Waals surface area (Å²) >= 11 is 0. The molecule has 1 saturated heterocycles. The topological polar surface area (TPSA) is 213 Å². The molecule has 5 atom stereocenters. The van der Waals surface area contributed by atoms with Gasteiger partial charge in [0.05, 0.1) is 0 Å². The number of aliphatic hydroxyl groups is 2. The Bertz CT molecular complexity index is 1380. The molecular formula is C23H20O13. The van der Waals surface area contributed by atoms with Gasteiger partial charge in [0.25, 0.3) is 0 Å². The van der Waals surface area contributed by atoms with Gasteiger partial charge in [0.1, 0.15) is 34.3 Å². The molecule has 0 saturated carbocycles. The van der Waals surface area contributed by atoms with Crippen molar-refractivity contribution in [3.63, 3.8) is 0 Å². The second-order valence-electron chi connectivity index (χ2n) is 7.91. The van der Waals surface area contributed by atoms with Gasteiger partial charge in [-0.3, -0.25) is 9.59 Å². The molecular weight excluding hydrogens is 484 g/mol. The predicted molar refractivity (Wildman–Crippen MR) is 117 cm³/mol. The molecule has 13 nitrogen and oxygen atoms in total. The molecule has 1 aromatic heterocycles. The van der Waals surface area contributed by atoms with Crippen molar-refractivity contribution < 1.29 is 58.9 Å². The monoisotopic (exact) mass is 504 g/mol. The highest BCUT2D eigenvalue weighted by atomic mass is 16.7. The number of aliphatic hydroxyl groups excluding tert-OH is 2. The highest BCUT2D eigenvalue weighted by Gasteiger charge is 2.51. The maximum absolute atomic E-state index is 13.4. The van der Waals surface area contributed by atoms with E-state index >= 15 is 0 Å². The number of rotatable bonds is 5. The van der Waals surface area contributed by atoms with Crippen LogP contribution in [0.4, 0.5) is 0 Å². The van der Waals surface area contributed by atoms with Crippen LogP contribution in [0.2, 0.25) is 0 Å². The minimum atomic E-state index is -2.02. The van der Waals surface area contributed by atoms with E-state index in [-0.39, 0.29) is 22.7 Å². The summed E-state index contributed by atoms with van der Waals surface area (Å²) < 4.78 is 21.3. The normalized spacial score (nSPS) is 23.8. The van der Waals surface area contributed by atoms with Crippen molar-refractivity contribution in [3.8, 4) is 34.3 Å². The van der Waals surface area contributed by atoms with Crippen LogP contribution in [0, 0.1) is 0 Å². The highest BCUT2D eigenvalue weighted by molar-refractivity contribution is 5.88. The number of phenolic OH excluding ortho intramolecular Hbond substituents is 3. The first-order valence-electron chi connectivity index (χ1n) is 10.4. The minimum absolute atomic E-state index is 0.117. The van der Waals surface area contributed by atoms with Gasteiger partial charge in [-0.2, -0.15) is 0 Å². The summed E-state index contributed by atoms with van der Waals surface area (Å²) in [4.78, 5) is 36.5. The van der Waals surface area contributed by atoms with Crippen LogP contribution in [-0.2, 0) is 19.1 Å². The first-order valence-corrected chi connectivity index (χ1v) is 10.4. The van der Waals surface area contributed by atoms with Crippen molar-refractivity contribution in [2.45, 2.75) is 37.6 Å². The molecule has 1 aliphatic heterocycles. The number of phenols is 3. The molecule has 3 aromatic rings. The van der Waals surface area contributed by atoms with Crippen LogP contribution >= 0.6 is 0 Å². The molecule has 1 fully saturated rings. The fourth-order valence-corrected chi connectivity index (χ4v) is 3.76. The number of fused-ring (bicyclic) bond motifs is 1. The molecule has 0 aliphatic carbocycles. The molecule has 13 heteroatoms. The molecule has 0 spiro atoms. The van der Waals surface area contributed by atoms with Gasteiger partial charge in [-0.25, -0.2) is 4.79 Å². The summed E-state index contributed by atoms with van der Waals surface area (Å²) in [5.41, 5.74) is -1.06. The number of carboxylic acids is 1. The molecule has 0 radical (unpaired) electrons. The van der Waals surface area contributed by atoms with E-state index in [2.05, 4.69) is 0 Å². The second kappa shape index (κ2) is 9.37. The Kier molecular flexibility index (Phi) is 6.45. The Balaban J connectivity index is 1.88. The molecule has 1 aliphatic rings. The molecule has 190 valence electrons. The van der Waals surface area contributed by atoms with Crippen LogP contribution in [0.25, 0.3) is 22.3 Å². The number of benzene rings is 2. The number of ether oxygens (including phenoxy) is 3. The Labute approximate surface area is 200 Å². The van der Waals surface area contributed by atoms with Gasteiger partial charge in [-0.05, 0) is 24.3 Å². The van der Waals surface area contributed by atoms with Crippen LogP contribution in [-0.4, -0.2) is 73.3 Å². The van der Waals surface area contributed by atoms with E-state index in [0.29, 0.717) is 0 Å². The lowest BCUT2D eigenvalue weighted by Gasteiger charge is -2.40. The fourth-order valence-electron chi connectivity index (χ4n) is 3.76. The van der Waals surface area contributed by atoms with E-state index in [1.54, 1.807) is 0 Å². The van der Waals surface area contributed by atoms with Crippen molar-refractivity contribution in [2.24, 2.45) is 0 Å². The van der Waals surface area contributed by atoms with Crippen molar-refractivity contribution >= 4 is 22.9 Å². The minimum Gasteiger partial charge on any atom is -0.508 e. The molecule has 6 N–H and O–H groups in total. The number of carboxylic acid groups (broad SMARTS) is 1. The van der Waals surface area contributed by atoms with Crippen molar-refractivity contribution in [2.75, 3.05) is 0 Å². The SMILES string of the molecule is CC(=O)OC1C(O)C(Oc2c(-c3ccc(O)cc3)oc3cc(O)cc(O)c3c2=O)OC(C(=O)O)C1O. The van der Waals surface area contributed by atoms with Gasteiger partial charge in [-0.15, -0.1) is 0 Å². The van der Waals surface area contributed by atoms with Crippen molar-refractivity contribution in [1.82, 2.24) is 0 Å². The maximum atomic E-state index is 13.4. The number of aliphatic carboxylic acids is 1. The molecule has 2 aromatic carbocycles. The number of hydrogen-bond donors (Lipinski definition) is 6. The standard InChI is InChI=1S/C23H20O13/c1-8(24)33-19-16(29)21(22(31)32)36-23(17(19)30)35-20-15(28)14-12(27)6-11(26)7-13(14)34-18(20)9-2-4-10(25)5-3-9/h2-7,16-17,19,21,23,25-27,29-30H,1H3,(H,31,32). The molecule has 36 heavy (non-hydrogen) atoms. The van der Waals surface area contributed by atoms with Crippen LogP contribution < -0.4 is 10.2 Å². The van der Waals surface area contributed by atoms with Gasteiger partial charge in [-0.1, -0.05) is 0 Å². The van der Waals surface area contributed by atoms with E-state index in [1.165, 1.54) is 24.3 Å². The Morgan fingerprint density at radius 3 is 2.25 bits per heavy atom. The van der Waals surface area contributed by atoms with Crippen LogP contribution in [0.1, 0.15) is 6.92 Å². The Hall–Kier alpha value is -4.33. The lowest BCUT2D eigenvalue weighted by molar-refractivity contribution is -0.275. The number of carbonyl (C=O) groups excluding carboxylic acids is 1. The summed E-state index contributed by atoms with van der Waals surface area (Å²) in [5, 5.41) is 59.6. The number of esters is 1. The van der Waals surface area contributed by atoms with Gasteiger partial charge in [0, 0.05) is 24.6 Å². The largest absolute Gasteiger partial charge is 0.508 e. The molecule has 4 rings (SSSR count). The molecule has 2 heterocycles. The lowest BCUT2D eigenvalue weighted by atomic mass is 9.98. The zero-order chi connectivity index (χ0) is 26.3. The predicted octanol–water partition coefficient (Wildman–Crippen LogP) is 0.419. The first-order chi connectivity index (χ1) is 17.0. The average Bonchev–Trinajstić information content (AvgIpc) is 2.79. The van der Waals surface area contributed by atoms with Crippen LogP contribution in [0.15, 0.2) is 45.6 Å². The van der Waals surface area contributed by atoms with Crippen LogP contribution in [0.3, 0.4) is 0 Å². The van der Waals surface area contributed by atoms with Crippen molar-refractivity contribution in [1.29, 1.82) is 0 Å². The van der Waals surface area contributed by atoms with Gasteiger partial charge >= 0.3 is 11.9 Å². The Morgan fingerprint density at radius 2 is 1.64 bits per heavy atom. The lowest BCUT2D eigenvalue weighted by Crippen LogP contribution is -2.62. The third-order valence-corrected chi connectivity index (χ3v) is 5.37. The summed E-state index contributed by atoms with van der Waals surface area (Å²) in [6.07, 6.45) is -9.71. The van der Waals surface area contributed by atoms with Crippen LogP contribution in [0.5, 0.6) is 23.0 Å². The van der Waals surface area contributed by atoms with E-state index in [4.69, 9.17) is 18.6 Å². The van der Waals surface area contributed by atoms with Gasteiger partial charge in [0.15, 0.2) is 24.1 Å². The summed E-state index contributed by atoms with van der Waals surface area (Å²) in [5.74, 6) is -4.76. The third-order valence-electron chi connectivity index (χ3n) is 5.37.